The Morgan fingerprint density at radius 2 is 1.74 bits per heavy atom. The smallest absolute Gasteiger partial charge is 0.232 e. The summed E-state index contributed by atoms with van der Waals surface area (Å²) in [5, 5.41) is 2.79. The molecule has 2 rings (SSSR count). The van der Waals surface area contributed by atoms with Gasteiger partial charge >= 0.3 is 0 Å². The third kappa shape index (κ3) is 5.79. The molecule has 1 aromatic heterocycles. The number of nitrogens with one attached hydrogen (secondary N) is 1. The van der Waals surface area contributed by atoms with Gasteiger partial charge < -0.3 is 5.32 Å². The van der Waals surface area contributed by atoms with Crippen LogP contribution in [0, 0.1) is 0 Å². The Morgan fingerprint density at radius 1 is 1.07 bits per heavy atom. The second-order valence-corrected chi connectivity index (χ2v) is 8.22. The zero-order valence-corrected chi connectivity index (χ0v) is 16.9. The van der Waals surface area contributed by atoms with Crippen molar-refractivity contribution in [2.45, 2.75) is 39.7 Å². The molecule has 27 heavy (non-hydrogen) atoms. The number of carbonyl (C=O) groups is 1. The largest absolute Gasteiger partial charge is 0.350 e. The van der Waals surface area contributed by atoms with E-state index in [1.165, 1.54) is 10.6 Å². The second kappa shape index (κ2) is 9.50. The van der Waals surface area contributed by atoms with Gasteiger partial charge in [0.25, 0.3) is 0 Å². The minimum Gasteiger partial charge on any atom is -0.350 e. The van der Waals surface area contributed by atoms with E-state index < -0.39 is 10.0 Å². The number of aryl methyl sites for hydroxylation is 2. The predicted molar refractivity (Wildman–Crippen MR) is 108 cm³/mol. The Hall–Kier alpha value is -2.41. The molecule has 0 saturated carbocycles. The van der Waals surface area contributed by atoms with Gasteiger partial charge in [-0.05, 0) is 36.1 Å². The van der Waals surface area contributed by atoms with Gasteiger partial charge in [-0.2, -0.15) is 0 Å². The number of anilines is 1. The molecule has 0 aliphatic rings. The lowest BCUT2D eigenvalue weighted by Crippen LogP contribution is -2.35. The molecule has 1 amide bonds. The molecule has 0 bridgehead atoms. The summed E-state index contributed by atoms with van der Waals surface area (Å²) in [5.74, 6) is -0.207. The van der Waals surface area contributed by atoms with Crippen LogP contribution in [0.5, 0.6) is 0 Å². The predicted octanol–water partition coefficient (Wildman–Crippen LogP) is 2.68. The fourth-order valence-electron chi connectivity index (χ4n) is 2.96. The van der Waals surface area contributed by atoms with Crippen molar-refractivity contribution >= 4 is 21.6 Å². The van der Waals surface area contributed by atoms with Crippen LogP contribution in [0.15, 0.2) is 42.6 Å². The Bertz CT molecular complexity index is 845. The number of benzene rings is 1. The van der Waals surface area contributed by atoms with Crippen molar-refractivity contribution in [1.29, 1.82) is 0 Å². The first kappa shape index (κ1) is 20.9. The van der Waals surface area contributed by atoms with Gasteiger partial charge in [-0.25, -0.2) is 8.42 Å². The number of pyridine rings is 1. The lowest BCUT2D eigenvalue weighted by atomic mass is 10.0. The maximum absolute atomic E-state index is 12.4. The quantitative estimate of drug-likeness (QED) is 0.715. The van der Waals surface area contributed by atoms with E-state index >= 15 is 0 Å². The minimum atomic E-state index is -3.50. The molecule has 0 fully saturated rings. The highest BCUT2D eigenvalue weighted by atomic mass is 32.2. The van der Waals surface area contributed by atoms with Crippen molar-refractivity contribution in [3.05, 3.63) is 59.4 Å². The highest BCUT2D eigenvalue weighted by molar-refractivity contribution is 7.92. The van der Waals surface area contributed by atoms with Crippen LogP contribution in [-0.2, 0) is 34.2 Å². The van der Waals surface area contributed by atoms with E-state index in [9.17, 15) is 13.2 Å². The fraction of sp³-hybridized carbons (Fsp3) is 0.400. The van der Waals surface area contributed by atoms with E-state index in [1.54, 1.807) is 6.20 Å². The van der Waals surface area contributed by atoms with E-state index in [-0.39, 0.29) is 18.9 Å². The number of amides is 1. The highest BCUT2D eigenvalue weighted by Crippen LogP contribution is 2.29. The SMILES string of the molecule is CCc1cccc(CC)c1N(CCC(=O)NCc1ccccn1)S(C)(=O)=O. The molecule has 0 atom stereocenters. The summed E-state index contributed by atoms with van der Waals surface area (Å²) in [7, 11) is -3.50. The van der Waals surface area contributed by atoms with E-state index in [0.717, 1.165) is 29.7 Å². The molecule has 6 nitrogen and oxygen atoms in total. The van der Waals surface area contributed by atoms with Crippen molar-refractivity contribution in [2.24, 2.45) is 0 Å². The van der Waals surface area contributed by atoms with Gasteiger partial charge in [-0.1, -0.05) is 38.1 Å². The molecule has 0 unspecified atom stereocenters. The van der Waals surface area contributed by atoms with Crippen molar-refractivity contribution in [2.75, 3.05) is 17.1 Å². The molecule has 1 aromatic carbocycles. The molecule has 0 aliphatic carbocycles. The molecule has 146 valence electrons. The minimum absolute atomic E-state index is 0.0844. The maximum Gasteiger partial charge on any atom is 0.232 e. The average molecular weight is 390 g/mol. The number of rotatable bonds is 9. The Balaban J connectivity index is 2.14. The third-order valence-electron chi connectivity index (χ3n) is 4.35. The van der Waals surface area contributed by atoms with Crippen LogP contribution < -0.4 is 9.62 Å². The van der Waals surface area contributed by atoms with Gasteiger partial charge in [-0.3, -0.25) is 14.1 Å². The summed E-state index contributed by atoms with van der Waals surface area (Å²) in [6, 6.07) is 11.3. The highest BCUT2D eigenvalue weighted by Gasteiger charge is 2.23. The van der Waals surface area contributed by atoms with Crippen LogP contribution in [0.1, 0.15) is 37.1 Å². The van der Waals surface area contributed by atoms with Gasteiger partial charge in [0.05, 0.1) is 24.2 Å². The summed E-state index contributed by atoms with van der Waals surface area (Å²) in [5.41, 5.74) is 3.40. The molecular formula is C20H27N3O3S. The van der Waals surface area contributed by atoms with Crippen LogP contribution in [0.4, 0.5) is 5.69 Å². The molecule has 0 saturated heterocycles. The van der Waals surface area contributed by atoms with Crippen molar-refractivity contribution in [1.82, 2.24) is 10.3 Å². The first-order chi connectivity index (χ1) is 12.9. The number of nitrogens with zero attached hydrogens (tertiary/aromatic N) is 2. The number of sulfonamides is 1. The van der Waals surface area contributed by atoms with Crippen LogP contribution >= 0.6 is 0 Å². The van der Waals surface area contributed by atoms with Crippen molar-refractivity contribution in [3.8, 4) is 0 Å². The fourth-order valence-corrected chi connectivity index (χ4v) is 3.95. The monoisotopic (exact) mass is 389 g/mol. The van der Waals surface area contributed by atoms with Gasteiger partial charge in [-0.15, -0.1) is 0 Å². The van der Waals surface area contributed by atoms with Gasteiger partial charge in [0, 0.05) is 19.2 Å². The first-order valence-electron chi connectivity index (χ1n) is 9.11. The van der Waals surface area contributed by atoms with Crippen LogP contribution in [0.3, 0.4) is 0 Å². The standard InChI is InChI=1S/C20H27N3O3S/c1-4-16-9-8-10-17(5-2)20(16)23(27(3,25)26)14-12-19(24)22-15-18-11-6-7-13-21-18/h6-11,13H,4-5,12,14-15H2,1-3H3,(H,22,24). The molecule has 7 heteroatoms. The third-order valence-corrected chi connectivity index (χ3v) is 5.52. The molecule has 1 heterocycles. The number of carbonyl (C=O) groups excluding carboxylic acids is 1. The van der Waals surface area contributed by atoms with E-state index in [0.29, 0.717) is 12.2 Å². The average Bonchev–Trinajstić information content (AvgIpc) is 2.66. The van der Waals surface area contributed by atoms with Crippen LogP contribution in [-0.4, -0.2) is 32.1 Å². The zero-order chi connectivity index (χ0) is 19.9. The van der Waals surface area contributed by atoms with Gasteiger partial charge in [0.15, 0.2) is 0 Å². The summed E-state index contributed by atoms with van der Waals surface area (Å²) in [6.45, 7) is 4.43. The zero-order valence-electron chi connectivity index (χ0n) is 16.1. The van der Waals surface area contributed by atoms with E-state index in [2.05, 4.69) is 10.3 Å². The number of hydrogen-bond donors (Lipinski definition) is 1. The second-order valence-electron chi connectivity index (χ2n) is 6.31. The number of para-hydroxylation sites is 1. The molecule has 1 N–H and O–H groups in total. The number of aromatic nitrogens is 1. The van der Waals surface area contributed by atoms with Crippen LogP contribution in [0.25, 0.3) is 0 Å². The Morgan fingerprint density at radius 3 is 2.26 bits per heavy atom. The van der Waals surface area contributed by atoms with Crippen LogP contribution in [0.2, 0.25) is 0 Å². The molecule has 0 aliphatic heterocycles. The lowest BCUT2D eigenvalue weighted by Gasteiger charge is -2.27. The molecule has 0 radical (unpaired) electrons. The lowest BCUT2D eigenvalue weighted by molar-refractivity contribution is -0.121. The summed E-state index contributed by atoms with van der Waals surface area (Å²) in [6.07, 6.45) is 4.38. The van der Waals surface area contributed by atoms with E-state index in [4.69, 9.17) is 0 Å². The Kier molecular flexibility index (Phi) is 7.36. The number of hydrogen-bond acceptors (Lipinski definition) is 4. The summed E-state index contributed by atoms with van der Waals surface area (Å²) >= 11 is 0. The molecular weight excluding hydrogens is 362 g/mol. The van der Waals surface area contributed by atoms with Crippen molar-refractivity contribution < 1.29 is 13.2 Å². The normalized spacial score (nSPS) is 11.2. The van der Waals surface area contributed by atoms with Gasteiger partial charge in [0.2, 0.25) is 15.9 Å². The van der Waals surface area contributed by atoms with Gasteiger partial charge in [0.1, 0.15) is 0 Å². The van der Waals surface area contributed by atoms with Crippen molar-refractivity contribution in [3.63, 3.8) is 0 Å². The Labute approximate surface area is 161 Å². The van der Waals surface area contributed by atoms with E-state index in [1.807, 2.05) is 50.2 Å². The molecule has 2 aromatic rings. The first-order valence-corrected chi connectivity index (χ1v) is 11.0. The molecule has 0 spiro atoms. The topological polar surface area (TPSA) is 79.4 Å². The summed E-state index contributed by atoms with van der Waals surface area (Å²) < 4.78 is 26.3. The maximum atomic E-state index is 12.4. The summed E-state index contributed by atoms with van der Waals surface area (Å²) in [4.78, 5) is 16.4.